The third-order valence-electron chi connectivity index (χ3n) is 5.22. The predicted molar refractivity (Wildman–Crippen MR) is 119 cm³/mol. The summed E-state index contributed by atoms with van der Waals surface area (Å²) in [6.07, 6.45) is 3.28. The monoisotopic (exact) mass is 431 g/mol. The van der Waals surface area contributed by atoms with E-state index in [-0.39, 0.29) is 6.42 Å². The summed E-state index contributed by atoms with van der Waals surface area (Å²) < 4.78 is 1.83. The van der Waals surface area contributed by atoms with Crippen LogP contribution < -0.4 is 0 Å². The molecule has 2 heterocycles. The third-order valence-corrected chi connectivity index (χ3v) is 5.22. The summed E-state index contributed by atoms with van der Waals surface area (Å²) in [5.41, 5.74) is 4.03. The van der Waals surface area contributed by atoms with E-state index in [0.29, 0.717) is 24.6 Å². The fourth-order valence-corrected chi connectivity index (χ4v) is 3.57. The summed E-state index contributed by atoms with van der Waals surface area (Å²) in [6.45, 7) is 2.67. The van der Waals surface area contributed by atoms with Gasteiger partial charge >= 0.3 is 5.97 Å². The Labute approximate surface area is 185 Å². The number of H-pyrrole nitrogens is 1. The van der Waals surface area contributed by atoms with Crippen molar-refractivity contribution in [2.45, 2.75) is 45.6 Å². The van der Waals surface area contributed by atoms with Crippen LogP contribution in [0.15, 0.2) is 48.5 Å². The number of aromatic nitrogens is 7. The minimum atomic E-state index is -0.834. The molecule has 4 aromatic rings. The molecular weight excluding hydrogens is 406 g/mol. The molecule has 0 saturated carbocycles. The maximum atomic E-state index is 11.0. The fourth-order valence-electron chi connectivity index (χ4n) is 3.57. The van der Waals surface area contributed by atoms with Crippen molar-refractivity contribution in [3.63, 3.8) is 0 Å². The first-order valence-electron chi connectivity index (χ1n) is 10.7. The molecule has 0 atom stereocenters. The summed E-state index contributed by atoms with van der Waals surface area (Å²) in [6, 6.07) is 16.1. The normalized spacial score (nSPS) is 11.0. The lowest BCUT2D eigenvalue weighted by molar-refractivity contribution is -0.137. The fraction of sp³-hybridized carbons (Fsp3) is 0.304. The van der Waals surface area contributed by atoms with Crippen molar-refractivity contribution in [3.05, 3.63) is 65.7 Å². The van der Waals surface area contributed by atoms with Gasteiger partial charge in [-0.1, -0.05) is 61.9 Å². The van der Waals surface area contributed by atoms with Crippen molar-refractivity contribution in [1.82, 2.24) is 35.4 Å². The number of carbonyl (C=O) groups is 1. The first-order chi connectivity index (χ1) is 15.6. The lowest BCUT2D eigenvalue weighted by atomic mass is 9.98. The van der Waals surface area contributed by atoms with Crippen LogP contribution in [0.4, 0.5) is 0 Å². The number of carboxylic acids is 1. The van der Waals surface area contributed by atoms with Gasteiger partial charge in [0, 0.05) is 18.4 Å². The first-order valence-corrected chi connectivity index (χ1v) is 10.7. The Morgan fingerprint density at radius 2 is 1.84 bits per heavy atom. The van der Waals surface area contributed by atoms with Crippen LogP contribution in [0.25, 0.3) is 22.5 Å². The molecule has 9 nitrogen and oxygen atoms in total. The predicted octanol–water partition coefficient (Wildman–Crippen LogP) is 3.53. The smallest absolute Gasteiger partial charge is 0.303 e. The Hall–Kier alpha value is -3.88. The highest BCUT2D eigenvalue weighted by Crippen LogP contribution is 2.29. The Kier molecular flexibility index (Phi) is 6.64. The van der Waals surface area contributed by atoms with Gasteiger partial charge in [0.2, 0.25) is 5.82 Å². The largest absolute Gasteiger partial charge is 0.481 e. The highest BCUT2D eigenvalue weighted by atomic mass is 16.4. The van der Waals surface area contributed by atoms with E-state index >= 15 is 0 Å². The van der Waals surface area contributed by atoms with Crippen molar-refractivity contribution < 1.29 is 9.90 Å². The van der Waals surface area contributed by atoms with Gasteiger partial charge in [-0.2, -0.15) is 10.3 Å². The van der Waals surface area contributed by atoms with E-state index in [1.807, 2.05) is 28.9 Å². The Balaban J connectivity index is 1.56. The number of hydrogen-bond acceptors (Lipinski definition) is 6. The van der Waals surface area contributed by atoms with Crippen molar-refractivity contribution >= 4 is 5.97 Å². The number of rotatable bonds is 10. The molecule has 0 aliphatic carbocycles. The van der Waals surface area contributed by atoms with Crippen molar-refractivity contribution in [3.8, 4) is 22.5 Å². The summed E-state index contributed by atoms with van der Waals surface area (Å²) in [4.78, 5) is 15.6. The van der Waals surface area contributed by atoms with Crippen LogP contribution in [0.1, 0.15) is 43.4 Å². The van der Waals surface area contributed by atoms with Crippen LogP contribution in [0, 0.1) is 0 Å². The lowest BCUT2D eigenvalue weighted by Gasteiger charge is -2.09. The highest BCUT2D eigenvalue weighted by Gasteiger charge is 2.13. The number of nitrogens with one attached hydrogen (secondary N) is 1. The molecule has 9 heteroatoms. The van der Waals surface area contributed by atoms with Crippen LogP contribution >= 0.6 is 0 Å². The highest BCUT2D eigenvalue weighted by molar-refractivity contribution is 5.80. The molecule has 0 fully saturated rings. The maximum absolute atomic E-state index is 11.0. The van der Waals surface area contributed by atoms with Gasteiger partial charge in [0.25, 0.3) is 0 Å². The van der Waals surface area contributed by atoms with E-state index in [1.165, 1.54) is 0 Å². The van der Waals surface area contributed by atoms with Gasteiger partial charge < -0.3 is 5.11 Å². The molecule has 0 bridgehead atoms. The third kappa shape index (κ3) is 5.05. The van der Waals surface area contributed by atoms with Gasteiger partial charge in [0.15, 0.2) is 5.82 Å². The molecule has 2 aromatic carbocycles. The first kappa shape index (κ1) is 21.4. The number of nitrogens with zero attached hydrogens (tertiary/aromatic N) is 6. The molecule has 4 rings (SSSR count). The molecule has 2 N–H and O–H groups in total. The van der Waals surface area contributed by atoms with E-state index in [2.05, 4.69) is 61.9 Å². The van der Waals surface area contributed by atoms with Crippen LogP contribution in [-0.2, 0) is 24.2 Å². The number of benzene rings is 2. The van der Waals surface area contributed by atoms with Crippen molar-refractivity contribution in [1.29, 1.82) is 0 Å². The van der Waals surface area contributed by atoms with Gasteiger partial charge in [-0.3, -0.25) is 4.79 Å². The zero-order valence-electron chi connectivity index (χ0n) is 17.9. The van der Waals surface area contributed by atoms with Gasteiger partial charge in [0.1, 0.15) is 5.82 Å². The van der Waals surface area contributed by atoms with Gasteiger partial charge in [-0.05, 0) is 28.3 Å². The second kappa shape index (κ2) is 9.95. The van der Waals surface area contributed by atoms with E-state index < -0.39 is 5.97 Å². The second-order valence-electron chi connectivity index (χ2n) is 7.58. The lowest BCUT2D eigenvalue weighted by Crippen LogP contribution is -2.09. The van der Waals surface area contributed by atoms with Crippen LogP contribution in [0.5, 0.6) is 0 Å². The van der Waals surface area contributed by atoms with E-state index in [0.717, 1.165) is 47.3 Å². The number of carboxylic acid groups (broad SMARTS) is 1. The van der Waals surface area contributed by atoms with E-state index in [4.69, 9.17) is 5.11 Å². The molecule has 0 aliphatic rings. The molecule has 32 heavy (non-hydrogen) atoms. The molecular formula is C23H25N7O2. The van der Waals surface area contributed by atoms with Crippen molar-refractivity contribution in [2.75, 3.05) is 0 Å². The number of aliphatic carboxylic acids is 1. The number of hydrogen-bond donors (Lipinski definition) is 2. The van der Waals surface area contributed by atoms with E-state index in [9.17, 15) is 4.79 Å². The molecule has 0 spiro atoms. The standard InChI is InChI=1S/C23H25N7O2/c1-2-3-8-20-24-21(13-14-22(31)32)30(27-20)15-16-9-11-17(12-10-16)18-6-4-5-7-19(18)23-25-28-29-26-23/h4-7,9-12H,2-3,8,13-15H2,1H3,(H,31,32)(H,25,26,28,29). The van der Waals surface area contributed by atoms with E-state index in [1.54, 1.807) is 0 Å². The molecule has 0 unspecified atom stereocenters. The Bertz CT molecular complexity index is 1170. The van der Waals surface area contributed by atoms with Crippen LogP contribution in [0.2, 0.25) is 0 Å². The molecule has 0 radical (unpaired) electrons. The average molecular weight is 432 g/mol. The average Bonchev–Trinajstić information content (AvgIpc) is 3.47. The molecule has 0 saturated heterocycles. The van der Waals surface area contributed by atoms with Gasteiger partial charge in [-0.15, -0.1) is 10.2 Å². The molecule has 0 amide bonds. The molecule has 0 aliphatic heterocycles. The minimum Gasteiger partial charge on any atom is -0.481 e. The van der Waals surface area contributed by atoms with Gasteiger partial charge in [0.05, 0.1) is 13.0 Å². The quantitative estimate of drug-likeness (QED) is 0.394. The SMILES string of the molecule is CCCCc1nc(CCC(=O)O)n(Cc2ccc(-c3ccccc3-c3nn[nH]n3)cc2)n1. The number of tetrazole rings is 1. The Morgan fingerprint density at radius 1 is 1.06 bits per heavy atom. The zero-order valence-corrected chi connectivity index (χ0v) is 17.9. The number of aromatic amines is 1. The van der Waals surface area contributed by atoms with Crippen molar-refractivity contribution in [2.24, 2.45) is 0 Å². The maximum Gasteiger partial charge on any atom is 0.303 e. The summed E-state index contributed by atoms with van der Waals surface area (Å²) in [7, 11) is 0. The number of aryl methyl sites for hydroxylation is 2. The van der Waals surface area contributed by atoms with Crippen LogP contribution in [0.3, 0.4) is 0 Å². The zero-order chi connectivity index (χ0) is 22.3. The number of unbranched alkanes of at least 4 members (excludes halogenated alkanes) is 1. The molecule has 2 aromatic heterocycles. The summed E-state index contributed by atoms with van der Waals surface area (Å²) in [5, 5.41) is 28.1. The summed E-state index contributed by atoms with van der Waals surface area (Å²) in [5.74, 6) is 1.21. The second-order valence-corrected chi connectivity index (χ2v) is 7.58. The summed E-state index contributed by atoms with van der Waals surface area (Å²) >= 11 is 0. The van der Waals surface area contributed by atoms with Crippen LogP contribution in [-0.4, -0.2) is 46.5 Å². The topological polar surface area (TPSA) is 122 Å². The Morgan fingerprint density at radius 3 is 2.53 bits per heavy atom. The van der Waals surface area contributed by atoms with Gasteiger partial charge in [-0.25, -0.2) is 9.67 Å². The minimum absolute atomic E-state index is 0.0394. The molecule has 164 valence electrons.